The molecule has 1 amide bonds. The summed E-state index contributed by atoms with van der Waals surface area (Å²) in [6.45, 7) is 2.60. The smallest absolute Gasteiger partial charge is 0.408 e. The SMILES string of the molecule is CCCCNC(=O)Cn1c(=O)oc2ccc(N)cc21. The van der Waals surface area contributed by atoms with Gasteiger partial charge in [-0.1, -0.05) is 13.3 Å². The molecule has 19 heavy (non-hydrogen) atoms. The van der Waals surface area contributed by atoms with E-state index < -0.39 is 5.76 Å². The third kappa shape index (κ3) is 2.96. The number of benzene rings is 1. The van der Waals surface area contributed by atoms with Crippen LogP contribution >= 0.6 is 0 Å². The van der Waals surface area contributed by atoms with E-state index in [9.17, 15) is 9.59 Å². The third-order valence-corrected chi connectivity index (χ3v) is 2.85. The van der Waals surface area contributed by atoms with Gasteiger partial charge < -0.3 is 15.5 Å². The van der Waals surface area contributed by atoms with Crippen molar-refractivity contribution in [3.63, 3.8) is 0 Å². The van der Waals surface area contributed by atoms with Gasteiger partial charge in [0.2, 0.25) is 5.91 Å². The van der Waals surface area contributed by atoms with Crippen LogP contribution in [0.5, 0.6) is 0 Å². The van der Waals surface area contributed by atoms with E-state index in [1.165, 1.54) is 4.57 Å². The van der Waals surface area contributed by atoms with Crippen LogP contribution in [0.15, 0.2) is 27.4 Å². The highest BCUT2D eigenvalue weighted by atomic mass is 16.4. The van der Waals surface area contributed by atoms with Crippen molar-refractivity contribution in [2.24, 2.45) is 0 Å². The van der Waals surface area contributed by atoms with Crippen LogP contribution in [-0.4, -0.2) is 17.0 Å². The van der Waals surface area contributed by atoms with E-state index in [2.05, 4.69) is 5.32 Å². The Morgan fingerprint density at radius 3 is 3.00 bits per heavy atom. The minimum Gasteiger partial charge on any atom is -0.408 e. The molecule has 0 spiro atoms. The van der Waals surface area contributed by atoms with Crippen LogP contribution in [0.1, 0.15) is 19.8 Å². The predicted octanol–water partition coefficient (Wildman–Crippen LogP) is 1.09. The van der Waals surface area contributed by atoms with Crippen molar-refractivity contribution in [1.29, 1.82) is 0 Å². The molecule has 0 saturated carbocycles. The maximum Gasteiger partial charge on any atom is 0.420 e. The summed E-state index contributed by atoms with van der Waals surface area (Å²) in [6, 6.07) is 4.90. The molecule has 2 aromatic rings. The van der Waals surface area contributed by atoms with E-state index in [0.29, 0.717) is 23.3 Å². The van der Waals surface area contributed by atoms with Crippen molar-refractivity contribution in [3.8, 4) is 0 Å². The van der Waals surface area contributed by atoms with Gasteiger partial charge in [0, 0.05) is 12.2 Å². The molecular weight excluding hydrogens is 246 g/mol. The molecule has 2 rings (SSSR count). The van der Waals surface area contributed by atoms with Gasteiger partial charge in [-0.15, -0.1) is 0 Å². The Hall–Kier alpha value is -2.24. The summed E-state index contributed by atoms with van der Waals surface area (Å²) in [5.41, 5.74) is 7.16. The topological polar surface area (TPSA) is 90.3 Å². The number of unbranched alkanes of at least 4 members (excludes halogenated alkanes) is 1. The number of aromatic nitrogens is 1. The fourth-order valence-corrected chi connectivity index (χ4v) is 1.83. The Bertz CT molecular complexity index is 642. The van der Waals surface area contributed by atoms with Crippen molar-refractivity contribution in [1.82, 2.24) is 9.88 Å². The van der Waals surface area contributed by atoms with Crippen LogP contribution in [0.3, 0.4) is 0 Å². The summed E-state index contributed by atoms with van der Waals surface area (Å²) in [4.78, 5) is 23.4. The number of oxazole rings is 1. The second-order valence-electron chi connectivity index (χ2n) is 4.38. The second-order valence-corrected chi connectivity index (χ2v) is 4.38. The zero-order chi connectivity index (χ0) is 13.8. The number of hydrogen-bond donors (Lipinski definition) is 2. The predicted molar refractivity (Wildman–Crippen MR) is 72.8 cm³/mol. The van der Waals surface area contributed by atoms with Gasteiger partial charge in [-0.05, 0) is 24.6 Å². The zero-order valence-electron chi connectivity index (χ0n) is 10.8. The number of rotatable bonds is 5. The summed E-state index contributed by atoms with van der Waals surface area (Å²) >= 11 is 0. The Balaban J connectivity index is 2.20. The molecule has 0 aliphatic heterocycles. The lowest BCUT2D eigenvalue weighted by molar-refractivity contribution is -0.121. The lowest BCUT2D eigenvalue weighted by atomic mass is 10.3. The van der Waals surface area contributed by atoms with Gasteiger partial charge in [0.15, 0.2) is 5.58 Å². The summed E-state index contributed by atoms with van der Waals surface area (Å²) in [5, 5.41) is 2.76. The van der Waals surface area contributed by atoms with E-state index in [-0.39, 0.29) is 12.5 Å². The van der Waals surface area contributed by atoms with E-state index in [1.807, 2.05) is 6.92 Å². The molecular formula is C13H17N3O3. The van der Waals surface area contributed by atoms with Crippen LogP contribution in [-0.2, 0) is 11.3 Å². The van der Waals surface area contributed by atoms with E-state index in [1.54, 1.807) is 18.2 Å². The zero-order valence-corrected chi connectivity index (χ0v) is 10.8. The molecule has 0 aliphatic carbocycles. The molecule has 0 unspecified atom stereocenters. The van der Waals surface area contributed by atoms with Gasteiger partial charge in [-0.25, -0.2) is 4.79 Å². The molecule has 0 bridgehead atoms. The van der Waals surface area contributed by atoms with Gasteiger partial charge in [0.1, 0.15) is 6.54 Å². The molecule has 0 radical (unpaired) electrons. The number of carbonyl (C=O) groups excluding carboxylic acids is 1. The Kier molecular flexibility index (Phi) is 3.89. The molecule has 0 saturated heterocycles. The summed E-state index contributed by atoms with van der Waals surface area (Å²) in [7, 11) is 0. The standard InChI is InChI=1S/C13H17N3O3/c1-2-3-6-15-12(17)8-16-10-7-9(14)4-5-11(10)19-13(16)18/h4-5,7H,2-3,6,8,14H2,1H3,(H,15,17). The first-order valence-corrected chi connectivity index (χ1v) is 6.27. The summed E-state index contributed by atoms with van der Waals surface area (Å²) in [6.07, 6.45) is 1.92. The highest BCUT2D eigenvalue weighted by Crippen LogP contribution is 2.16. The lowest BCUT2D eigenvalue weighted by Crippen LogP contribution is -2.31. The fourth-order valence-electron chi connectivity index (χ4n) is 1.83. The fraction of sp³-hybridized carbons (Fsp3) is 0.385. The molecule has 0 fully saturated rings. The van der Waals surface area contributed by atoms with Crippen molar-refractivity contribution < 1.29 is 9.21 Å². The van der Waals surface area contributed by atoms with Crippen LogP contribution in [0.25, 0.3) is 11.1 Å². The van der Waals surface area contributed by atoms with Crippen molar-refractivity contribution in [3.05, 3.63) is 28.7 Å². The molecule has 1 aromatic heterocycles. The van der Waals surface area contributed by atoms with Gasteiger partial charge in [0.05, 0.1) is 5.52 Å². The molecule has 1 heterocycles. The number of nitrogens with zero attached hydrogens (tertiary/aromatic N) is 1. The van der Waals surface area contributed by atoms with Crippen LogP contribution in [0.4, 0.5) is 5.69 Å². The summed E-state index contributed by atoms with van der Waals surface area (Å²) < 4.78 is 6.34. The number of nitrogens with one attached hydrogen (secondary N) is 1. The molecule has 6 heteroatoms. The second kappa shape index (κ2) is 5.60. The van der Waals surface area contributed by atoms with E-state index in [0.717, 1.165) is 12.8 Å². The highest BCUT2D eigenvalue weighted by molar-refractivity contribution is 5.81. The van der Waals surface area contributed by atoms with Crippen LogP contribution < -0.4 is 16.8 Å². The number of nitrogens with two attached hydrogens (primary N) is 1. The molecule has 0 aliphatic rings. The Morgan fingerprint density at radius 2 is 2.26 bits per heavy atom. The summed E-state index contributed by atoms with van der Waals surface area (Å²) in [5.74, 6) is -0.757. The highest BCUT2D eigenvalue weighted by Gasteiger charge is 2.12. The van der Waals surface area contributed by atoms with Gasteiger partial charge >= 0.3 is 5.76 Å². The average molecular weight is 263 g/mol. The first-order chi connectivity index (χ1) is 9.11. The van der Waals surface area contributed by atoms with Crippen molar-refractivity contribution in [2.45, 2.75) is 26.3 Å². The first kappa shape index (κ1) is 13.2. The van der Waals surface area contributed by atoms with Gasteiger partial charge in [0.25, 0.3) is 0 Å². The van der Waals surface area contributed by atoms with E-state index in [4.69, 9.17) is 10.2 Å². The number of amides is 1. The Labute approximate surface area is 110 Å². The maximum absolute atomic E-state index is 11.7. The molecule has 3 N–H and O–H groups in total. The number of carbonyl (C=O) groups is 1. The normalized spacial score (nSPS) is 10.8. The Morgan fingerprint density at radius 1 is 1.47 bits per heavy atom. The number of nitrogen functional groups attached to an aromatic ring is 1. The molecule has 0 atom stereocenters. The molecule has 6 nitrogen and oxygen atoms in total. The maximum atomic E-state index is 11.7. The number of anilines is 1. The van der Waals surface area contributed by atoms with E-state index >= 15 is 0 Å². The molecule has 102 valence electrons. The quantitative estimate of drug-likeness (QED) is 0.624. The van der Waals surface area contributed by atoms with Crippen LogP contribution in [0.2, 0.25) is 0 Å². The van der Waals surface area contributed by atoms with Crippen LogP contribution in [0, 0.1) is 0 Å². The molecule has 1 aromatic carbocycles. The minimum absolute atomic E-state index is 0.0565. The van der Waals surface area contributed by atoms with Crippen molar-refractivity contribution in [2.75, 3.05) is 12.3 Å². The monoisotopic (exact) mass is 263 g/mol. The third-order valence-electron chi connectivity index (χ3n) is 2.85. The average Bonchev–Trinajstić information content (AvgIpc) is 2.66. The first-order valence-electron chi connectivity index (χ1n) is 6.27. The number of fused-ring (bicyclic) bond motifs is 1. The largest absolute Gasteiger partial charge is 0.420 e. The number of hydrogen-bond acceptors (Lipinski definition) is 4. The van der Waals surface area contributed by atoms with Gasteiger partial charge in [-0.3, -0.25) is 9.36 Å². The lowest BCUT2D eigenvalue weighted by Gasteiger charge is -2.04. The van der Waals surface area contributed by atoms with Gasteiger partial charge in [-0.2, -0.15) is 0 Å². The minimum atomic E-state index is -0.550. The van der Waals surface area contributed by atoms with Crippen molar-refractivity contribution >= 4 is 22.7 Å².